The molecule has 0 aromatic carbocycles. The number of alkyl halides is 3. The van der Waals surface area contributed by atoms with Gasteiger partial charge in [0.2, 0.25) is 0 Å². The lowest BCUT2D eigenvalue weighted by atomic mass is 9.97. The third-order valence-corrected chi connectivity index (χ3v) is 5.04. The molecule has 2 aromatic rings. The quantitative estimate of drug-likeness (QED) is 0.737. The number of halogens is 3. The van der Waals surface area contributed by atoms with Crippen LogP contribution in [0, 0.1) is 5.92 Å². The molecule has 0 spiro atoms. The van der Waals surface area contributed by atoms with Gasteiger partial charge in [0.25, 0.3) is 0 Å². The zero-order chi connectivity index (χ0) is 18.6. The van der Waals surface area contributed by atoms with E-state index in [1.807, 2.05) is 23.6 Å². The molecule has 0 N–H and O–H groups in total. The Bertz CT molecular complexity index is 728. The molecule has 0 radical (unpaired) electrons. The predicted molar refractivity (Wildman–Crippen MR) is 90.4 cm³/mol. The van der Waals surface area contributed by atoms with Gasteiger partial charge in [0.05, 0.1) is 23.9 Å². The first-order valence-electron chi connectivity index (χ1n) is 8.22. The van der Waals surface area contributed by atoms with Crippen molar-refractivity contribution >= 4 is 17.3 Å². The fourth-order valence-electron chi connectivity index (χ4n) is 2.82. The first kappa shape index (κ1) is 18.8. The van der Waals surface area contributed by atoms with Crippen LogP contribution in [0.1, 0.15) is 18.5 Å². The molecule has 26 heavy (non-hydrogen) atoms. The van der Waals surface area contributed by atoms with Crippen LogP contribution in [0.15, 0.2) is 29.8 Å². The van der Waals surface area contributed by atoms with Crippen LogP contribution in [0.25, 0.3) is 10.7 Å². The second-order valence-electron chi connectivity index (χ2n) is 6.13. The van der Waals surface area contributed by atoms with Crippen LogP contribution in [-0.4, -0.2) is 46.6 Å². The molecule has 2 aromatic heterocycles. The van der Waals surface area contributed by atoms with Gasteiger partial charge in [-0.3, -0.25) is 14.7 Å². The molecule has 1 aliphatic rings. The minimum Gasteiger partial charge on any atom is -0.459 e. The molecule has 3 heterocycles. The Hall–Kier alpha value is -2.00. The summed E-state index contributed by atoms with van der Waals surface area (Å²) in [5, 5.41) is 2.56. The Balaban J connectivity index is 1.46. The Morgan fingerprint density at radius 2 is 2.08 bits per heavy atom. The number of pyridine rings is 1. The Morgan fingerprint density at radius 1 is 1.31 bits per heavy atom. The molecule has 0 saturated carbocycles. The van der Waals surface area contributed by atoms with Crippen molar-refractivity contribution in [3.63, 3.8) is 0 Å². The highest BCUT2D eigenvalue weighted by molar-refractivity contribution is 7.13. The van der Waals surface area contributed by atoms with E-state index in [9.17, 15) is 18.0 Å². The number of aromatic nitrogens is 2. The van der Waals surface area contributed by atoms with Gasteiger partial charge in [0.1, 0.15) is 11.6 Å². The van der Waals surface area contributed by atoms with Crippen molar-refractivity contribution in [2.24, 2.45) is 5.92 Å². The summed E-state index contributed by atoms with van der Waals surface area (Å²) in [6, 6.07) is 5.54. The van der Waals surface area contributed by atoms with E-state index in [-0.39, 0.29) is 31.6 Å². The molecule has 1 saturated heterocycles. The van der Waals surface area contributed by atoms with Crippen LogP contribution < -0.4 is 0 Å². The fourth-order valence-corrected chi connectivity index (χ4v) is 3.60. The van der Waals surface area contributed by atoms with Crippen LogP contribution in [-0.2, 0) is 16.1 Å². The summed E-state index contributed by atoms with van der Waals surface area (Å²) in [7, 11) is 0. The Labute approximate surface area is 152 Å². The zero-order valence-corrected chi connectivity index (χ0v) is 14.7. The molecule has 1 fully saturated rings. The van der Waals surface area contributed by atoms with Gasteiger partial charge >= 0.3 is 12.1 Å². The number of hydrogen-bond donors (Lipinski definition) is 0. The van der Waals surface area contributed by atoms with Gasteiger partial charge in [-0.2, -0.15) is 13.2 Å². The topological polar surface area (TPSA) is 55.3 Å². The molecule has 0 bridgehead atoms. The SMILES string of the molecule is O=C(OCc1csc(-c2ccccn2)n1)C1CCN(CC(F)(F)F)CC1. The van der Waals surface area contributed by atoms with E-state index >= 15 is 0 Å². The third-order valence-electron chi connectivity index (χ3n) is 4.12. The van der Waals surface area contributed by atoms with Gasteiger partial charge in [-0.15, -0.1) is 11.3 Å². The van der Waals surface area contributed by atoms with E-state index in [1.54, 1.807) is 6.20 Å². The van der Waals surface area contributed by atoms with Crippen molar-refractivity contribution in [2.75, 3.05) is 19.6 Å². The molecule has 1 aliphatic heterocycles. The number of piperidine rings is 1. The third kappa shape index (κ3) is 5.25. The normalized spacial score (nSPS) is 16.6. The van der Waals surface area contributed by atoms with E-state index < -0.39 is 12.7 Å². The Kier molecular flexibility index (Phi) is 5.87. The van der Waals surface area contributed by atoms with Crippen LogP contribution in [0.4, 0.5) is 13.2 Å². The van der Waals surface area contributed by atoms with E-state index in [2.05, 4.69) is 9.97 Å². The first-order chi connectivity index (χ1) is 12.4. The summed E-state index contributed by atoms with van der Waals surface area (Å²) in [4.78, 5) is 22.1. The van der Waals surface area contributed by atoms with Gasteiger partial charge in [-0.05, 0) is 38.1 Å². The number of esters is 1. The number of rotatable bonds is 5. The van der Waals surface area contributed by atoms with Gasteiger partial charge in [-0.25, -0.2) is 4.98 Å². The van der Waals surface area contributed by atoms with Gasteiger partial charge in [-0.1, -0.05) is 6.07 Å². The molecule has 140 valence electrons. The number of ether oxygens (including phenoxy) is 1. The minimum absolute atomic E-state index is 0.0604. The Morgan fingerprint density at radius 3 is 2.73 bits per heavy atom. The average molecular weight is 385 g/mol. The highest BCUT2D eigenvalue weighted by Crippen LogP contribution is 2.25. The molecule has 0 aliphatic carbocycles. The summed E-state index contributed by atoms with van der Waals surface area (Å²) in [6.07, 6.45) is -1.76. The minimum atomic E-state index is -4.21. The zero-order valence-electron chi connectivity index (χ0n) is 13.9. The number of likely N-dealkylation sites (tertiary alicyclic amines) is 1. The number of thiazole rings is 1. The maximum absolute atomic E-state index is 12.4. The maximum Gasteiger partial charge on any atom is 0.401 e. The summed E-state index contributed by atoms with van der Waals surface area (Å²) in [5.41, 5.74) is 1.39. The molecule has 0 atom stereocenters. The maximum atomic E-state index is 12.4. The van der Waals surface area contributed by atoms with Crippen molar-refractivity contribution in [1.29, 1.82) is 0 Å². The van der Waals surface area contributed by atoms with Crippen LogP contribution >= 0.6 is 11.3 Å². The second kappa shape index (κ2) is 8.13. The van der Waals surface area contributed by atoms with Crippen molar-refractivity contribution < 1.29 is 22.7 Å². The second-order valence-corrected chi connectivity index (χ2v) is 6.99. The van der Waals surface area contributed by atoms with Crippen molar-refractivity contribution in [1.82, 2.24) is 14.9 Å². The van der Waals surface area contributed by atoms with Crippen molar-refractivity contribution in [2.45, 2.75) is 25.6 Å². The van der Waals surface area contributed by atoms with Gasteiger partial charge in [0, 0.05) is 11.6 Å². The molecule has 9 heteroatoms. The van der Waals surface area contributed by atoms with E-state index in [0.717, 1.165) is 10.7 Å². The number of carbonyl (C=O) groups is 1. The molecule has 5 nitrogen and oxygen atoms in total. The molecule has 0 unspecified atom stereocenters. The lowest BCUT2D eigenvalue weighted by molar-refractivity contribution is -0.156. The molecular formula is C17H18F3N3O2S. The predicted octanol–water partition coefficient (Wildman–Crippen LogP) is 3.52. The van der Waals surface area contributed by atoms with Crippen LogP contribution in [0.5, 0.6) is 0 Å². The standard InChI is InChI=1S/C17H18F3N3O2S/c18-17(19,20)11-23-7-4-12(5-8-23)16(24)25-9-13-10-26-15(22-13)14-3-1-2-6-21-14/h1-3,6,10,12H,4-5,7-9,11H2. The van der Waals surface area contributed by atoms with Gasteiger partial charge < -0.3 is 4.74 Å². The summed E-state index contributed by atoms with van der Waals surface area (Å²) in [5.74, 6) is -0.725. The lowest BCUT2D eigenvalue weighted by Gasteiger charge is -2.31. The fraction of sp³-hybridized carbons (Fsp3) is 0.471. The number of carbonyl (C=O) groups excluding carboxylic acids is 1. The van der Waals surface area contributed by atoms with E-state index in [4.69, 9.17) is 4.74 Å². The highest BCUT2D eigenvalue weighted by atomic mass is 32.1. The monoisotopic (exact) mass is 385 g/mol. The smallest absolute Gasteiger partial charge is 0.401 e. The average Bonchev–Trinajstić information content (AvgIpc) is 3.09. The van der Waals surface area contributed by atoms with Crippen molar-refractivity contribution in [3.8, 4) is 10.7 Å². The number of nitrogens with zero attached hydrogens (tertiary/aromatic N) is 3. The molecule has 3 rings (SSSR count). The van der Waals surface area contributed by atoms with Crippen LogP contribution in [0.2, 0.25) is 0 Å². The molecular weight excluding hydrogens is 367 g/mol. The number of hydrogen-bond acceptors (Lipinski definition) is 6. The summed E-state index contributed by atoms with van der Waals surface area (Å²) >= 11 is 1.42. The molecule has 0 amide bonds. The summed E-state index contributed by atoms with van der Waals surface area (Å²) < 4.78 is 42.5. The highest BCUT2D eigenvalue weighted by Gasteiger charge is 2.34. The lowest BCUT2D eigenvalue weighted by Crippen LogP contribution is -2.41. The largest absolute Gasteiger partial charge is 0.459 e. The van der Waals surface area contributed by atoms with Crippen LogP contribution in [0.3, 0.4) is 0 Å². The van der Waals surface area contributed by atoms with Gasteiger partial charge in [0.15, 0.2) is 0 Å². The van der Waals surface area contributed by atoms with Crippen molar-refractivity contribution in [3.05, 3.63) is 35.5 Å². The van der Waals surface area contributed by atoms with E-state index in [1.165, 1.54) is 16.2 Å². The first-order valence-corrected chi connectivity index (χ1v) is 9.10. The summed E-state index contributed by atoms with van der Waals surface area (Å²) in [6.45, 7) is -0.367. The van der Waals surface area contributed by atoms with E-state index in [0.29, 0.717) is 18.5 Å².